The first-order valence-electron chi connectivity index (χ1n) is 9.17. The summed E-state index contributed by atoms with van der Waals surface area (Å²) in [6, 6.07) is 1.90. The van der Waals surface area contributed by atoms with Gasteiger partial charge in [-0.15, -0.1) is 5.10 Å². The number of nitrogens with zero attached hydrogens (tertiary/aromatic N) is 4. The normalized spacial score (nSPS) is 16.9. The van der Waals surface area contributed by atoms with Crippen molar-refractivity contribution in [3.8, 4) is 0 Å². The Labute approximate surface area is 147 Å². The van der Waals surface area contributed by atoms with Crippen molar-refractivity contribution in [3.05, 3.63) is 23.3 Å². The van der Waals surface area contributed by atoms with Gasteiger partial charge in [0.1, 0.15) is 0 Å². The number of nitrogens with one attached hydrogen (secondary N) is 1. The van der Waals surface area contributed by atoms with Crippen LogP contribution in [0.5, 0.6) is 0 Å². The summed E-state index contributed by atoms with van der Waals surface area (Å²) in [5, 5.41) is 16.7. The third kappa shape index (κ3) is 4.34. The van der Waals surface area contributed by atoms with Crippen LogP contribution < -0.4 is 5.32 Å². The molecule has 2 N–H and O–H groups in total. The lowest BCUT2D eigenvalue weighted by Crippen LogP contribution is -2.32. The zero-order valence-electron chi connectivity index (χ0n) is 15.0. The predicted octanol–water partition coefficient (Wildman–Crippen LogP) is 2.05. The van der Waals surface area contributed by atoms with E-state index < -0.39 is 0 Å². The zero-order chi connectivity index (χ0) is 17.8. The molecule has 1 fully saturated rings. The van der Waals surface area contributed by atoms with Gasteiger partial charge in [-0.25, -0.2) is 9.50 Å². The van der Waals surface area contributed by atoms with Crippen molar-refractivity contribution in [3.63, 3.8) is 0 Å². The smallest absolute Gasteiger partial charge is 0.291 e. The summed E-state index contributed by atoms with van der Waals surface area (Å²) < 4.78 is 1.58. The van der Waals surface area contributed by atoms with Gasteiger partial charge in [0.05, 0.1) is 0 Å². The molecule has 2 aromatic rings. The van der Waals surface area contributed by atoms with E-state index in [0.29, 0.717) is 18.2 Å². The Hall–Kier alpha value is -2.02. The fourth-order valence-electron chi connectivity index (χ4n) is 3.70. The molecule has 7 heteroatoms. The average molecular weight is 345 g/mol. The Morgan fingerprint density at radius 1 is 1.32 bits per heavy atom. The van der Waals surface area contributed by atoms with Crippen LogP contribution in [0.15, 0.2) is 6.07 Å². The van der Waals surface area contributed by atoms with Crippen LogP contribution in [0.4, 0.5) is 0 Å². The van der Waals surface area contributed by atoms with Crippen LogP contribution >= 0.6 is 0 Å². The largest absolute Gasteiger partial charge is 0.396 e. The Bertz CT molecular complexity index is 736. The maximum absolute atomic E-state index is 12.4. The van der Waals surface area contributed by atoms with E-state index in [-0.39, 0.29) is 24.3 Å². The predicted molar refractivity (Wildman–Crippen MR) is 94.4 cm³/mol. The van der Waals surface area contributed by atoms with E-state index in [1.807, 2.05) is 19.9 Å². The molecule has 25 heavy (non-hydrogen) atoms. The molecule has 2 heterocycles. The number of aliphatic hydroxyl groups is 1. The summed E-state index contributed by atoms with van der Waals surface area (Å²) in [5.41, 5.74) is 1.73. The van der Waals surface area contributed by atoms with E-state index in [9.17, 15) is 9.90 Å². The van der Waals surface area contributed by atoms with E-state index in [2.05, 4.69) is 20.4 Å². The fourth-order valence-corrected chi connectivity index (χ4v) is 3.70. The van der Waals surface area contributed by atoms with Crippen LogP contribution in [0.3, 0.4) is 0 Å². The topological polar surface area (TPSA) is 92.4 Å². The number of hydrogen-bond acceptors (Lipinski definition) is 5. The number of aliphatic hydroxyl groups excluding tert-OH is 1. The Balaban J connectivity index is 1.60. The van der Waals surface area contributed by atoms with Crippen LogP contribution in [-0.2, 0) is 0 Å². The van der Waals surface area contributed by atoms with Crippen molar-refractivity contribution in [2.75, 3.05) is 13.2 Å². The van der Waals surface area contributed by atoms with Gasteiger partial charge in [-0.1, -0.05) is 32.1 Å². The van der Waals surface area contributed by atoms with Gasteiger partial charge in [0.25, 0.3) is 11.7 Å². The molecule has 3 rings (SSSR count). The summed E-state index contributed by atoms with van der Waals surface area (Å²) in [7, 11) is 0. The highest BCUT2D eigenvalue weighted by atomic mass is 16.3. The molecular formula is C18H27N5O2. The Morgan fingerprint density at radius 3 is 2.80 bits per heavy atom. The van der Waals surface area contributed by atoms with Gasteiger partial charge >= 0.3 is 0 Å². The van der Waals surface area contributed by atoms with E-state index >= 15 is 0 Å². The number of fused-ring (bicyclic) bond motifs is 1. The first kappa shape index (κ1) is 17.8. The van der Waals surface area contributed by atoms with Crippen molar-refractivity contribution in [2.45, 2.75) is 52.4 Å². The maximum Gasteiger partial charge on any atom is 0.291 e. The molecule has 0 radical (unpaired) electrons. The third-order valence-corrected chi connectivity index (χ3v) is 5.02. The maximum atomic E-state index is 12.4. The van der Waals surface area contributed by atoms with Gasteiger partial charge in [0.2, 0.25) is 5.82 Å². The van der Waals surface area contributed by atoms with Gasteiger partial charge in [0.15, 0.2) is 0 Å². The number of rotatable bonds is 6. The highest BCUT2D eigenvalue weighted by Crippen LogP contribution is 2.28. The SMILES string of the molecule is Cc1cc(C)n2nc(C(=O)NC[C@@H](CO)CC3CCCCC3)nc2n1. The fraction of sp³-hybridized carbons (Fsp3) is 0.667. The Morgan fingerprint density at radius 2 is 2.08 bits per heavy atom. The second kappa shape index (κ2) is 7.91. The molecule has 1 aliphatic rings. The number of amides is 1. The lowest BCUT2D eigenvalue weighted by Gasteiger charge is -2.25. The number of aryl methyl sites for hydroxylation is 2. The second-order valence-corrected chi connectivity index (χ2v) is 7.18. The molecule has 136 valence electrons. The minimum atomic E-state index is -0.315. The van der Waals surface area contributed by atoms with Gasteiger partial charge in [-0.05, 0) is 38.2 Å². The number of hydrogen-bond donors (Lipinski definition) is 2. The first-order valence-corrected chi connectivity index (χ1v) is 9.17. The minimum Gasteiger partial charge on any atom is -0.396 e. The van der Waals surface area contributed by atoms with Crippen molar-refractivity contribution < 1.29 is 9.90 Å². The van der Waals surface area contributed by atoms with Crippen LogP contribution in [0.1, 0.15) is 60.5 Å². The highest BCUT2D eigenvalue weighted by molar-refractivity contribution is 5.90. The lowest BCUT2D eigenvalue weighted by molar-refractivity contribution is 0.0922. The molecule has 1 saturated carbocycles. The summed E-state index contributed by atoms with van der Waals surface area (Å²) in [5.74, 6) is 1.00. The second-order valence-electron chi connectivity index (χ2n) is 7.18. The summed E-state index contributed by atoms with van der Waals surface area (Å²) in [6.07, 6.45) is 7.34. The zero-order valence-corrected chi connectivity index (χ0v) is 15.0. The number of aromatic nitrogens is 4. The minimum absolute atomic E-state index is 0.0891. The van der Waals surface area contributed by atoms with Gasteiger partial charge in [-0.2, -0.15) is 4.98 Å². The molecule has 1 amide bonds. The van der Waals surface area contributed by atoms with Crippen LogP contribution in [0, 0.1) is 25.7 Å². The standard InChI is InChI=1S/C18H27N5O2/c1-12-8-13(2)23-18(20-12)21-16(22-23)17(25)19-10-15(11-24)9-14-6-4-3-5-7-14/h8,14-15,24H,3-7,9-11H2,1-2H3,(H,19,25)/t15-/m0/s1. The number of carbonyl (C=O) groups excluding carboxylic acids is 1. The summed E-state index contributed by atoms with van der Waals surface area (Å²) in [4.78, 5) is 20.9. The van der Waals surface area contributed by atoms with Crippen LogP contribution in [0.2, 0.25) is 0 Å². The molecule has 0 unspecified atom stereocenters. The lowest BCUT2D eigenvalue weighted by atomic mass is 9.83. The van der Waals surface area contributed by atoms with Crippen molar-refractivity contribution in [2.24, 2.45) is 11.8 Å². The average Bonchev–Trinajstić information content (AvgIpc) is 3.03. The van der Waals surface area contributed by atoms with Crippen LogP contribution in [0.25, 0.3) is 5.78 Å². The van der Waals surface area contributed by atoms with Gasteiger partial charge < -0.3 is 10.4 Å². The third-order valence-electron chi connectivity index (χ3n) is 5.02. The summed E-state index contributed by atoms with van der Waals surface area (Å²) in [6.45, 7) is 4.34. The summed E-state index contributed by atoms with van der Waals surface area (Å²) >= 11 is 0. The molecule has 0 spiro atoms. The van der Waals surface area contributed by atoms with Crippen molar-refractivity contribution >= 4 is 11.7 Å². The molecule has 0 aliphatic heterocycles. The number of carbonyl (C=O) groups is 1. The van der Waals surface area contributed by atoms with Crippen molar-refractivity contribution in [1.29, 1.82) is 0 Å². The quantitative estimate of drug-likeness (QED) is 0.836. The van der Waals surface area contributed by atoms with E-state index in [1.165, 1.54) is 32.1 Å². The molecule has 0 bridgehead atoms. The monoisotopic (exact) mass is 345 g/mol. The van der Waals surface area contributed by atoms with Gasteiger partial charge in [0, 0.05) is 24.5 Å². The van der Waals surface area contributed by atoms with E-state index in [0.717, 1.165) is 17.8 Å². The molecular weight excluding hydrogens is 318 g/mol. The molecule has 0 aromatic carbocycles. The van der Waals surface area contributed by atoms with Crippen molar-refractivity contribution in [1.82, 2.24) is 24.9 Å². The molecule has 0 saturated heterocycles. The van der Waals surface area contributed by atoms with Gasteiger partial charge in [-0.3, -0.25) is 4.79 Å². The highest BCUT2D eigenvalue weighted by Gasteiger charge is 2.20. The molecule has 1 atom stereocenters. The Kier molecular flexibility index (Phi) is 5.63. The van der Waals surface area contributed by atoms with Crippen LogP contribution in [-0.4, -0.2) is 43.7 Å². The molecule has 1 aliphatic carbocycles. The van der Waals surface area contributed by atoms with E-state index in [1.54, 1.807) is 4.52 Å². The molecule has 7 nitrogen and oxygen atoms in total. The van der Waals surface area contributed by atoms with E-state index in [4.69, 9.17) is 0 Å². The molecule has 2 aromatic heterocycles. The first-order chi connectivity index (χ1) is 12.1.